The van der Waals surface area contributed by atoms with Gasteiger partial charge in [0, 0.05) is 38.6 Å². The average molecular weight is 270 g/mol. The van der Waals surface area contributed by atoms with E-state index in [1.807, 2.05) is 7.05 Å². The highest BCUT2D eigenvalue weighted by atomic mass is 16.3. The van der Waals surface area contributed by atoms with E-state index in [4.69, 9.17) is 0 Å². The van der Waals surface area contributed by atoms with Crippen molar-refractivity contribution in [2.45, 2.75) is 25.4 Å². The number of nitrogens with zero attached hydrogens (tertiary/aromatic N) is 2. The number of aliphatic hydroxyl groups is 1. The Bertz CT molecular complexity index is 576. The Morgan fingerprint density at radius 2 is 2.15 bits per heavy atom. The molecule has 1 atom stereocenters. The van der Waals surface area contributed by atoms with E-state index in [9.17, 15) is 5.11 Å². The summed E-state index contributed by atoms with van der Waals surface area (Å²) in [6.07, 6.45) is 6.55. The molecule has 1 unspecified atom stereocenters. The number of benzene rings is 1. The largest absolute Gasteiger partial charge is 0.395 e. The molecule has 3 heteroatoms. The summed E-state index contributed by atoms with van der Waals surface area (Å²) in [5.41, 5.74) is 4.22. The highest BCUT2D eigenvalue weighted by Gasteiger charge is 2.27. The number of aromatic nitrogens is 1. The Labute approximate surface area is 120 Å². The monoisotopic (exact) mass is 270 g/mol. The van der Waals surface area contributed by atoms with Gasteiger partial charge in [0.05, 0.1) is 6.61 Å². The van der Waals surface area contributed by atoms with Crippen molar-refractivity contribution in [3.8, 4) is 0 Å². The van der Waals surface area contributed by atoms with Gasteiger partial charge in [0.1, 0.15) is 0 Å². The zero-order chi connectivity index (χ0) is 13.9. The van der Waals surface area contributed by atoms with Crippen molar-refractivity contribution in [3.05, 3.63) is 59.4 Å². The Balaban J connectivity index is 1.81. The number of hydrogen-bond donors (Lipinski definition) is 1. The number of rotatable bonds is 5. The summed E-state index contributed by atoms with van der Waals surface area (Å²) in [6, 6.07) is 11.3. The Kier molecular flexibility index (Phi) is 3.90. The van der Waals surface area contributed by atoms with E-state index >= 15 is 0 Å². The summed E-state index contributed by atoms with van der Waals surface area (Å²) in [7, 11) is 2.05. The summed E-state index contributed by atoms with van der Waals surface area (Å²) >= 11 is 0. The number of hydrogen-bond acceptors (Lipinski definition) is 2. The molecule has 0 saturated heterocycles. The van der Waals surface area contributed by atoms with E-state index in [0.717, 1.165) is 25.9 Å². The van der Waals surface area contributed by atoms with E-state index in [1.165, 1.54) is 16.7 Å². The van der Waals surface area contributed by atoms with Gasteiger partial charge in [0.15, 0.2) is 0 Å². The molecule has 0 spiro atoms. The van der Waals surface area contributed by atoms with Crippen LogP contribution in [-0.2, 0) is 20.0 Å². The normalized spacial score (nSPS) is 17.6. The van der Waals surface area contributed by atoms with E-state index in [0.29, 0.717) is 6.04 Å². The number of fused-ring (bicyclic) bond motifs is 1. The van der Waals surface area contributed by atoms with E-state index < -0.39 is 0 Å². The first-order valence-electron chi connectivity index (χ1n) is 7.31. The van der Waals surface area contributed by atoms with Crippen LogP contribution in [0.5, 0.6) is 0 Å². The molecule has 3 rings (SSSR count). The van der Waals surface area contributed by atoms with Crippen LogP contribution in [0.15, 0.2) is 42.7 Å². The topological polar surface area (TPSA) is 28.4 Å². The third-order valence-electron chi connectivity index (χ3n) is 4.21. The van der Waals surface area contributed by atoms with Gasteiger partial charge in [-0.3, -0.25) is 4.90 Å². The van der Waals surface area contributed by atoms with Gasteiger partial charge in [-0.25, -0.2) is 0 Å². The molecule has 1 aliphatic carbocycles. The highest BCUT2D eigenvalue weighted by molar-refractivity contribution is 5.34. The Hall–Kier alpha value is -1.58. The molecule has 0 bridgehead atoms. The SMILES string of the molecule is Cn1ccc(CN(CCO)C2CCc3ccccc32)c1. The molecule has 1 N–H and O–H groups in total. The van der Waals surface area contributed by atoms with Crippen molar-refractivity contribution in [3.63, 3.8) is 0 Å². The van der Waals surface area contributed by atoms with Crippen LogP contribution in [-0.4, -0.2) is 27.7 Å². The summed E-state index contributed by atoms with van der Waals surface area (Å²) in [5, 5.41) is 9.38. The van der Waals surface area contributed by atoms with Gasteiger partial charge in [-0.05, 0) is 35.6 Å². The zero-order valence-electron chi connectivity index (χ0n) is 12.0. The second-order valence-corrected chi connectivity index (χ2v) is 5.63. The van der Waals surface area contributed by atoms with Crippen LogP contribution in [0.4, 0.5) is 0 Å². The molecule has 0 fully saturated rings. The maximum atomic E-state index is 9.38. The van der Waals surface area contributed by atoms with Crippen LogP contribution in [0.1, 0.15) is 29.2 Å². The van der Waals surface area contributed by atoms with E-state index in [1.54, 1.807) is 0 Å². The van der Waals surface area contributed by atoms with Crippen LogP contribution in [0.3, 0.4) is 0 Å². The summed E-state index contributed by atoms with van der Waals surface area (Å²) in [5.74, 6) is 0. The lowest BCUT2D eigenvalue weighted by Gasteiger charge is -2.28. The molecule has 2 aromatic rings. The van der Waals surface area contributed by atoms with E-state index in [2.05, 4.69) is 52.2 Å². The number of aryl methyl sites for hydroxylation is 2. The maximum absolute atomic E-state index is 9.38. The molecular weight excluding hydrogens is 248 g/mol. The first-order valence-corrected chi connectivity index (χ1v) is 7.31. The van der Waals surface area contributed by atoms with Crippen molar-refractivity contribution in [1.29, 1.82) is 0 Å². The average Bonchev–Trinajstić information content (AvgIpc) is 3.04. The van der Waals surface area contributed by atoms with Gasteiger partial charge in [-0.1, -0.05) is 24.3 Å². The Morgan fingerprint density at radius 1 is 1.30 bits per heavy atom. The first-order chi connectivity index (χ1) is 9.78. The second kappa shape index (κ2) is 5.81. The molecule has 1 aromatic heterocycles. The molecule has 20 heavy (non-hydrogen) atoms. The molecule has 1 heterocycles. The molecule has 106 valence electrons. The lowest BCUT2D eigenvalue weighted by atomic mass is 10.1. The molecule has 3 nitrogen and oxygen atoms in total. The van der Waals surface area contributed by atoms with Gasteiger partial charge in [-0.15, -0.1) is 0 Å². The van der Waals surface area contributed by atoms with Crippen LogP contribution in [0.25, 0.3) is 0 Å². The highest BCUT2D eigenvalue weighted by Crippen LogP contribution is 2.36. The van der Waals surface area contributed by atoms with Gasteiger partial charge >= 0.3 is 0 Å². The fraction of sp³-hybridized carbons (Fsp3) is 0.412. The minimum absolute atomic E-state index is 0.214. The van der Waals surface area contributed by atoms with Crippen LogP contribution >= 0.6 is 0 Å². The van der Waals surface area contributed by atoms with Crippen molar-refractivity contribution in [1.82, 2.24) is 9.47 Å². The quantitative estimate of drug-likeness (QED) is 0.904. The minimum atomic E-state index is 0.214. The lowest BCUT2D eigenvalue weighted by Crippen LogP contribution is -2.29. The first kappa shape index (κ1) is 13.4. The molecule has 0 amide bonds. The van der Waals surface area contributed by atoms with E-state index in [-0.39, 0.29) is 6.61 Å². The summed E-state index contributed by atoms with van der Waals surface area (Å²) in [4.78, 5) is 2.40. The van der Waals surface area contributed by atoms with Crippen LogP contribution in [0.2, 0.25) is 0 Å². The van der Waals surface area contributed by atoms with Crippen molar-refractivity contribution < 1.29 is 5.11 Å². The standard InChI is InChI=1S/C17H22N2O/c1-18-9-8-14(12-18)13-19(10-11-20)17-7-6-15-4-2-3-5-16(15)17/h2-5,8-9,12,17,20H,6-7,10-11,13H2,1H3. The smallest absolute Gasteiger partial charge is 0.0558 e. The number of aliphatic hydroxyl groups excluding tert-OH is 1. The predicted octanol–water partition coefficient (Wildman–Crippen LogP) is 2.51. The summed E-state index contributed by atoms with van der Waals surface area (Å²) < 4.78 is 2.08. The van der Waals surface area contributed by atoms with Crippen LogP contribution < -0.4 is 0 Å². The van der Waals surface area contributed by atoms with Gasteiger partial charge in [0.25, 0.3) is 0 Å². The molecule has 0 aliphatic heterocycles. The summed E-state index contributed by atoms with van der Waals surface area (Å²) in [6.45, 7) is 1.85. The molecule has 1 aromatic carbocycles. The predicted molar refractivity (Wildman–Crippen MR) is 80.4 cm³/mol. The minimum Gasteiger partial charge on any atom is -0.395 e. The van der Waals surface area contributed by atoms with Crippen LogP contribution in [0, 0.1) is 0 Å². The maximum Gasteiger partial charge on any atom is 0.0558 e. The van der Waals surface area contributed by atoms with Gasteiger partial charge < -0.3 is 9.67 Å². The fourth-order valence-corrected chi connectivity index (χ4v) is 3.28. The fourth-order valence-electron chi connectivity index (χ4n) is 3.28. The third kappa shape index (κ3) is 2.65. The zero-order valence-corrected chi connectivity index (χ0v) is 12.0. The third-order valence-corrected chi connectivity index (χ3v) is 4.21. The lowest BCUT2D eigenvalue weighted by molar-refractivity contribution is 0.143. The molecular formula is C17H22N2O. The van der Waals surface area contributed by atoms with Gasteiger partial charge in [-0.2, -0.15) is 0 Å². The molecule has 0 radical (unpaired) electrons. The second-order valence-electron chi connectivity index (χ2n) is 5.63. The molecule has 0 saturated carbocycles. The molecule has 1 aliphatic rings. The van der Waals surface area contributed by atoms with Gasteiger partial charge in [0.2, 0.25) is 0 Å². The van der Waals surface area contributed by atoms with Crippen molar-refractivity contribution in [2.75, 3.05) is 13.2 Å². The Morgan fingerprint density at radius 3 is 2.90 bits per heavy atom. The van der Waals surface area contributed by atoms with Crippen molar-refractivity contribution in [2.24, 2.45) is 7.05 Å². The van der Waals surface area contributed by atoms with Crippen molar-refractivity contribution >= 4 is 0 Å².